The fourth-order valence-corrected chi connectivity index (χ4v) is 4.48. The van der Waals surface area contributed by atoms with E-state index < -0.39 is 0 Å². The summed E-state index contributed by atoms with van der Waals surface area (Å²) in [7, 11) is 0. The lowest BCUT2D eigenvalue weighted by atomic mass is 10.0. The van der Waals surface area contributed by atoms with Crippen LogP contribution in [0.25, 0.3) is 10.9 Å². The number of pyridine rings is 3. The summed E-state index contributed by atoms with van der Waals surface area (Å²) in [5, 5.41) is 4.94. The summed E-state index contributed by atoms with van der Waals surface area (Å²) in [5.41, 5.74) is 1.78. The Morgan fingerprint density at radius 2 is 1.84 bits per heavy atom. The topological polar surface area (TPSA) is 81.5 Å². The van der Waals surface area contributed by atoms with Crippen molar-refractivity contribution in [3.05, 3.63) is 57.9 Å². The molecule has 0 aromatic carbocycles. The maximum absolute atomic E-state index is 12.4. The monoisotopic (exact) mass is 455 g/mol. The molecule has 2 aliphatic rings. The van der Waals surface area contributed by atoms with Gasteiger partial charge in [0.2, 0.25) is 0 Å². The minimum Gasteiger partial charge on any atom is -0.486 e. The van der Waals surface area contributed by atoms with Gasteiger partial charge in [0, 0.05) is 49.4 Å². The van der Waals surface area contributed by atoms with Crippen LogP contribution in [0.2, 0.25) is 5.15 Å². The number of piperidine rings is 1. The first-order valence-electron chi connectivity index (χ1n) is 11.0. The van der Waals surface area contributed by atoms with Gasteiger partial charge in [-0.3, -0.25) is 9.78 Å². The number of nitrogens with one attached hydrogen (secondary N) is 1. The Kier molecular flexibility index (Phi) is 6.25. The third-order valence-corrected chi connectivity index (χ3v) is 6.33. The van der Waals surface area contributed by atoms with Crippen molar-refractivity contribution in [2.75, 3.05) is 32.8 Å². The Morgan fingerprint density at radius 1 is 1.03 bits per heavy atom. The zero-order chi connectivity index (χ0) is 21.9. The van der Waals surface area contributed by atoms with Crippen molar-refractivity contribution in [1.82, 2.24) is 24.8 Å². The van der Waals surface area contributed by atoms with E-state index in [2.05, 4.69) is 20.2 Å². The molecule has 5 rings (SSSR count). The number of fused-ring (bicyclic) bond motifs is 2. The molecule has 0 bridgehead atoms. The average molecular weight is 456 g/mol. The summed E-state index contributed by atoms with van der Waals surface area (Å²) >= 11 is 6.06. The number of halogens is 1. The summed E-state index contributed by atoms with van der Waals surface area (Å²) in [5.74, 6) is 1.50. The summed E-state index contributed by atoms with van der Waals surface area (Å²) in [6.07, 6.45) is 5.57. The van der Waals surface area contributed by atoms with E-state index in [4.69, 9.17) is 21.1 Å². The molecular formula is C23H26ClN5O3. The van der Waals surface area contributed by atoms with Gasteiger partial charge in [-0.15, -0.1) is 0 Å². The second-order valence-electron chi connectivity index (χ2n) is 8.21. The second kappa shape index (κ2) is 9.44. The molecule has 9 heteroatoms. The van der Waals surface area contributed by atoms with Crippen molar-refractivity contribution < 1.29 is 9.47 Å². The zero-order valence-corrected chi connectivity index (χ0v) is 18.6. The van der Waals surface area contributed by atoms with Gasteiger partial charge in [-0.1, -0.05) is 11.6 Å². The maximum atomic E-state index is 12.4. The molecular weight excluding hydrogens is 430 g/mol. The van der Waals surface area contributed by atoms with E-state index in [9.17, 15) is 4.79 Å². The third-order valence-electron chi connectivity index (χ3n) is 6.13. The van der Waals surface area contributed by atoms with Gasteiger partial charge in [-0.25, -0.2) is 4.98 Å². The van der Waals surface area contributed by atoms with Gasteiger partial charge in [0.15, 0.2) is 11.5 Å². The SMILES string of the molecule is O=c1ccc2cnc(Cl)cc2n1CCN1CCC(NCc2cc3c(cn2)OCCO3)CC1. The van der Waals surface area contributed by atoms with Crippen molar-refractivity contribution >= 4 is 22.5 Å². The Labute approximate surface area is 191 Å². The third kappa shape index (κ3) is 4.72. The van der Waals surface area contributed by atoms with E-state index in [0.717, 1.165) is 60.6 Å². The van der Waals surface area contributed by atoms with E-state index >= 15 is 0 Å². The largest absolute Gasteiger partial charge is 0.486 e. The van der Waals surface area contributed by atoms with Crippen LogP contribution in [0.5, 0.6) is 11.5 Å². The van der Waals surface area contributed by atoms with Crippen LogP contribution >= 0.6 is 11.6 Å². The number of aromatic nitrogens is 3. The molecule has 3 aromatic rings. The van der Waals surface area contributed by atoms with Gasteiger partial charge in [-0.2, -0.15) is 0 Å². The number of ether oxygens (including phenoxy) is 2. The van der Waals surface area contributed by atoms with Gasteiger partial charge < -0.3 is 24.3 Å². The highest BCUT2D eigenvalue weighted by Crippen LogP contribution is 2.29. The minimum absolute atomic E-state index is 0.0109. The zero-order valence-electron chi connectivity index (χ0n) is 17.8. The van der Waals surface area contributed by atoms with Gasteiger partial charge in [0.25, 0.3) is 5.56 Å². The van der Waals surface area contributed by atoms with Crippen LogP contribution < -0.4 is 20.3 Å². The second-order valence-corrected chi connectivity index (χ2v) is 8.59. The van der Waals surface area contributed by atoms with Crippen molar-refractivity contribution in [2.45, 2.75) is 32.0 Å². The van der Waals surface area contributed by atoms with E-state index in [1.807, 2.05) is 6.07 Å². The Hall–Kier alpha value is -2.68. The molecule has 8 nitrogen and oxygen atoms in total. The molecule has 32 heavy (non-hydrogen) atoms. The number of hydrogen-bond acceptors (Lipinski definition) is 7. The van der Waals surface area contributed by atoms with Crippen molar-refractivity contribution in [2.24, 2.45) is 0 Å². The lowest BCUT2D eigenvalue weighted by Crippen LogP contribution is -2.43. The summed E-state index contributed by atoms with van der Waals surface area (Å²) in [6.45, 7) is 5.32. The number of nitrogens with zero attached hydrogens (tertiary/aromatic N) is 4. The Balaban J connectivity index is 1.13. The molecule has 1 N–H and O–H groups in total. The summed E-state index contributed by atoms with van der Waals surface area (Å²) in [6, 6.07) is 7.57. The van der Waals surface area contributed by atoms with E-state index in [1.54, 1.807) is 35.2 Å². The number of likely N-dealkylation sites (tertiary alicyclic amines) is 1. The smallest absolute Gasteiger partial charge is 0.251 e. The first kappa shape index (κ1) is 21.2. The van der Waals surface area contributed by atoms with Gasteiger partial charge in [-0.05, 0) is 38.1 Å². The molecule has 0 atom stereocenters. The maximum Gasteiger partial charge on any atom is 0.251 e. The van der Waals surface area contributed by atoms with E-state index in [-0.39, 0.29) is 5.56 Å². The first-order valence-corrected chi connectivity index (χ1v) is 11.4. The fraction of sp³-hybridized carbons (Fsp3) is 0.435. The van der Waals surface area contributed by atoms with Crippen molar-refractivity contribution in [3.63, 3.8) is 0 Å². The Bertz CT molecular complexity index is 1160. The first-order chi connectivity index (χ1) is 15.7. The highest BCUT2D eigenvalue weighted by atomic mass is 35.5. The molecule has 0 saturated carbocycles. The molecule has 0 unspecified atom stereocenters. The lowest BCUT2D eigenvalue weighted by molar-refractivity contribution is 0.170. The molecule has 0 amide bonds. The van der Waals surface area contributed by atoms with Gasteiger partial charge >= 0.3 is 0 Å². The average Bonchev–Trinajstić information content (AvgIpc) is 2.82. The van der Waals surface area contributed by atoms with Crippen LogP contribution in [-0.4, -0.2) is 58.3 Å². The normalized spacial score (nSPS) is 17.0. The van der Waals surface area contributed by atoms with Crippen molar-refractivity contribution in [1.29, 1.82) is 0 Å². The van der Waals surface area contributed by atoms with E-state index in [0.29, 0.717) is 37.5 Å². The quantitative estimate of drug-likeness (QED) is 0.572. The van der Waals surface area contributed by atoms with Gasteiger partial charge in [0.1, 0.15) is 18.4 Å². The molecule has 168 valence electrons. The minimum atomic E-state index is -0.0109. The standard InChI is InChI=1S/C23H26ClN5O3/c24-22-12-19-16(13-27-22)1-2-23(30)29(19)8-7-28-5-3-17(4-6-28)25-14-18-11-20-21(15-26-18)32-10-9-31-20/h1-2,11-13,15,17,25H,3-10,14H2. The van der Waals surface area contributed by atoms with Crippen LogP contribution in [0.1, 0.15) is 18.5 Å². The lowest BCUT2D eigenvalue weighted by Gasteiger charge is -2.32. The van der Waals surface area contributed by atoms with Crippen LogP contribution in [0.3, 0.4) is 0 Å². The van der Waals surface area contributed by atoms with Gasteiger partial charge in [0.05, 0.1) is 17.4 Å². The van der Waals surface area contributed by atoms with E-state index in [1.165, 1.54) is 0 Å². The van der Waals surface area contributed by atoms with Crippen LogP contribution in [0, 0.1) is 0 Å². The predicted octanol–water partition coefficient (Wildman–Crippen LogP) is 2.47. The Morgan fingerprint density at radius 3 is 2.69 bits per heavy atom. The highest BCUT2D eigenvalue weighted by Gasteiger charge is 2.20. The molecule has 5 heterocycles. The summed E-state index contributed by atoms with van der Waals surface area (Å²) in [4.78, 5) is 23.4. The number of hydrogen-bond donors (Lipinski definition) is 1. The molecule has 0 radical (unpaired) electrons. The molecule has 3 aromatic heterocycles. The molecule has 1 saturated heterocycles. The van der Waals surface area contributed by atoms with Crippen LogP contribution in [-0.2, 0) is 13.1 Å². The fourth-order valence-electron chi connectivity index (χ4n) is 4.33. The number of rotatable bonds is 6. The van der Waals surface area contributed by atoms with Crippen LogP contribution in [0.15, 0.2) is 41.5 Å². The molecule has 1 fully saturated rings. The molecule has 0 spiro atoms. The molecule has 2 aliphatic heterocycles. The highest BCUT2D eigenvalue weighted by molar-refractivity contribution is 6.29. The van der Waals surface area contributed by atoms with Crippen molar-refractivity contribution in [3.8, 4) is 11.5 Å². The van der Waals surface area contributed by atoms with Crippen LogP contribution in [0.4, 0.5) is 0 Å². The summed E-state index contributed by atoms with van der Waals surface area (Å²) < 4.78 is 13.0. The molecule has 0 aliphatic carbocycles. The predicted molar refractivity (Wildman–Crippen MR) is 123 cm³/mol.